The van der Waals surface area contributed by atoms with Crippen LogP contribution < -0.4 is 5.32 Å². The first-order valence-corrected chi connectivity index (χ1v) is 21.3. The van der Waals surface area contributed by atoms with Crippen molar-refractivity contribution < 1.29 is 52.2 Å². The number of likely N-dealkylation sites (N-methyl/N-ethyl adjacent to an activating group) is 1. The summed E-state index contributed by atoms with van der Waals surface area (Å²) in [5, 5.41) is 2.81. The van der Waals surface area contributed by atoms with Gasteiger partial charge in [-0.3, -0.25) is 0 Å². The van der Waals surface area contributed by atoms with Crippen molar-refractivity contribution >= 4 is 12.2 Å². The van der Waals surface area contributed by atoms with Crippen LogP contribution in [0.1, 0.15) is 40.5 Å². The second kappa shape index (κ2) is 25.8. The van der Waals surface area contributed by atoms with E-state index in [2.05, 4.69) is 53.8 Å². The number of rotatable bonds is 29. The zero-order chi connectivity index (χ0) is 42.3. The van der Waals surface area contributed by atoms with Gasteiger partial charge in [-0.05, 0) is 50.9 Å². The van der Waals surface area contributed by atoms with Crippen molar-refractivity contribution in [2.45, 2.75) is 18.3 Å². The van der Waals surface area contributed by atoms with Crippen molar-refractivity contribution in [1.29, 1.82) is 0 Å². The number of fused-ring (bicyclic) bond motifs is 6. The molecular formula is C48H60N2O11. The van der Waals surface area contributed by atoms with E-state index in [1.165, 1.54) is 49.4 Å². The van der Waals surface area contributed by atoms with Gasteiger partial charge >= 0.3 is 12.2 Å². The normalized spacial score (nSPS) is 12.7. The predicted octanol–water partition coefficient (Wildman–Crippen LogP) is 6.91. The average molecular weight is 841 g/mol. The standard InChI is InChI=1S/C48H60N2O11/c1-50(48(52)61-36-46-43-17-8-4-13-39(43)40-14-5-9-18-44(40)46)20-22-54-24-26-56-28-30-58-32-34-59-33-31-57-29-27-55-25-23-53-21-10-19-49-47(51)60-35-45-41-15-6-2-11-37(41)38-12-3-7-16-42(38)45/h2-9,11-18,45-46H,10,19-36H2,1H3,(H,49,51). The zero-order valence-electron chi connectivity index (χ0n) is 35.3. The van der Waals surface area contributed by atoms with Crippen LogP contribution in [0.25, 0.3) is 22.3 Å². The summed E-state index contributed by atoms with van der Waals surface area (Å²) < 4.78 is 50.2. The van der Waals surface area contributed by atoms with Crippen molar-refractivity contribution in [2.75, 3.05) is 126 Å². The number of carbonyl (C=O) groups is 2. The van der Waals surface area contributed by atoms with Gasteiger partial charge in [-0.15, -0.1) is 0 Å². The van der Waals surface area contributed by atoms with Gasteiger partial charge in [-0.25, -0.2) is 9.59 Å². The van der Waals surface area contributed by atoms with E-state index in [0.29, 0.717) is 125 Å². The lowest BCUT2D eigenvalue weighted by atomic mass is 9.98. The molecule has 0 fully saturated rings. The Balaban J connectivity index is 0.640. The number of nitrogens with one attached hydrogen (secondary N) is 1. The van der Waals surface area contributed by atoms with Gasteiger partial charge in [0.05, 0.1) is 85.9 Å². The Morgan fingerprint density at radius 3 is 1.18 bits per heavy atom. The molecule has 4 aromatic rings. The molecule has 328 valence electrons. The molecule has 13 heteroatoms. The summed E-state index contributed by atoms with van der Waals surface area (Å²) in [7, 11) is 1.71. The quantitative estimate of drug-likeness (QED) is 0.0573. The highest BCUT2D eigenvalue weighted by Gasteiger charge is 2.30. The summed E-state index contributed by atoms with van der Waals surface area (Å²) in [6.07, 6.45) is -0.109. The Morgan fingerprint density at radius 2 is 0.787 bits per heavy atom. The van der Waals surface area contributed by atoms with E-state index >= 15 is 0 Å². The summed E-state index contributed by atoms with van der Waals surface area (Å²) >= 11 is 0. The molecule has 2 amide bonds. The van der Waals surface area contributed by atoms with Gasteiger partial charge in [0.15, 0.2) is 0 Å². The molecule has 2 aliphatic carbocycles. The number of alkyl carbamates (subject to hydrolysis) is 1. The molecule has 0 aliphatic heterocycles. The third kappa shape index (κ3) is 14.1. The van der Waals surface area contributed by atoms with Crippen LogP contribution in [0.4, 0.5) is 9.59 Å². The fourth-order valence-electron chi connectivity index (χ4n) is 7.43. The Morgan fingerprint density at radius 1 is 0.459 bits per heavy atom. The van der Waals surface area contributed by atoms with Crippen molar-refractivity contribution in [3.05, 3.63) is 119 Å². The second-order valence-electron chi connectivity index (χ2n) is 14.6. The van der Waals surface area contributed by atoms with Crippen LogP contribution in [-0.4, -0.2) is 143 Å². The molecule has 13 nitrogen and oxygen atoms in total. The first kappa shape index (κ1) is 45.7. The van der Waals surface area contributed by atoms with E-state index in [-0.39, 0.29) is 17.9 Å². The average Bonchev–Trinajstić information content (AvgIpc) is 3.79. The van der Waals surface area contributed by atoms with E-state index in [0.717, 1.165) is 0 Å². The Hall–Kier alpha value is -4.86. The lowest BCUT2D eigenvalue weighted by molar-refractivity contribution is -0.0209. The summed E-state index contributed by atoms with van der Waals surface area (Å²) in [6.45, 7) is 7.94. The van der Waals surface area contributed by atoms with E-state index in [1.807, 2.05) is 48.5 Å². The monoisotopic (exact) mass is 840 g/mol. The van der Waals surface area contributed by atoms with Gasteiger partial charge in [0.2, 0.25) is 0 Å². The minimum atomic E-state index is -0.419. The number of nitrogens with zero attached hydrogens (tertiary/aromatic N) is 1. The van der Waals surface area contributed by atoms with Gasteiger partial charge in [-0.1, -0.05) is 97.1 Å². The predicted molar refractivity (Wildman–Crippen MR) is 231 cm³/mol. The maximum atomic E-state index is 12.6. The molecule has 0 atom stereocenters. The van der Waals surface area contributed by atoms with Gasteiger partial charge in [-0.2, -0.15) is 0 Å². The number of hydrogen-bond acceptors (Lipinski definition) is 11. The summed E-state index contributed by atoms with van der Waals surface area (Å²) in [6, 6.07) is 33.1. The minimum absolute atomic E-state index is 0.0337. The molecule has 4 aromatic carbocycles. The van der Waals surface area contributed by atoms with Gasteiger partial charge in [0.1, 0.15) is 13.2 Å². The molecule has 0 heterocycles. The Kier molecular flexibility index (Phi) is 19.3. The SMILES string of the molecule is CN(CCOCCOCCOCCOCCOCCOCCOCCCNC(=O)OCC1c2ccccc2-c2ccccc21)C(=O)OCC1c2ccccc2-c2ccccc21. The lowest BCUT2D eigenvalue weighted by Crippen LogP contribution is -2.32. The third-order valence-corrected chi connectivity index (χ3v) is 10.5. The highest BCUT2D eigenvalue weighted by molar-refractivity contribution is 5.80. The molecule has 0 saturated carbocycles. The Bertz CT molecular complexity index is 1840. The number of benzene rings is 4. The molecule has 6 rings (SSSR count). The van der Waals surface area contributed by atoms with E-state index < -0.39 is 6.09 Å². The summed E-state index contributed by atoms with van der Waals surface area (Å²) in [5.74, 6) is 0.0781. The smallest absolute Gasteiger partial charge is 0.409 e. The molecule has 2 aliphatic rings. The van der Waals surface area contributed by atoms with E-state index in [1.54, 1.807) is 7.05 Å². The fourth-order valence-corrected chi connectivity index (χ4v) is 7.43. The molecule has 0 aromatic heterocycles. The number of carbonyl (C=O) groups excluding carboxylic acids is 2. The van der Waals surface area contributed by atoms with Crippen molar-refractivity contribution in [3.8, 4) is 22.3 Å². The first-order chi connectivity index (χ1) is 30.1. The van der Waals surface area contributed by atoms with Gasteiger partial charge in [0, 0.05) is 38.6 Å². The van der Waals surface area contributed by atoms with Crippen LogP contribution in [0.2, 0.25) is 0 Å². The number of hydrogen-bond donors (Lipinski definition) is 1. The first-order valence-electron chi connectivity index (χ1n) is 21.3. The van der Waals surface area contributed by atoms with Gasteiger partial charge in [0.25, 0.3) is 0 Å². The molecule has 1 N–H and O–H groups in total. The van der Waals surface area contributed by atoms with Crippen LogP contribution in [0.5, 0.6) is 0 Å². The number of ether oxygens (including phenoxy) is 9. The Labute approximate surface area is 359 Å². The van der Waals surface area contributed by atoms with Crippen LogP contribution in [0, 0.1) is 0 Å². The highest BCUT2D eigenvalue weighted by Crippen LogP contribution is 2.45. The number of amides is 2. The zero-order valence-corrected chi connectivity index (χ0v) is 35.3. The molecular weight excluding hydrogens is 781 g/mol. The van der Waals surface area contributed by atoms with Crippen LogP contribution in [0.15, 0.2) is 97.1 Å². The third-order valence-electron chi connectivity index (χ3n) is 10.5. The summed E-state index contributed by atoms with van der Waals surface area (Å²) in [4.78, 5) is 26.5. The second-order valence-corrected chi connectivity index (χ2v) is 14.6. The topological polar surface area (TPSA) is 132 Å². The van der Waals surface area contributed by atoms with Crippen LogP contribution >= 0.6 is 0 Å². The van der Waals surface area contributed by atoms with Crippen molar-refractivity contribution in [1.82, 2.24) is 10.2 Å². The highest BCUT2D eigenvalue weighted by atomic mass is 16.6. The van der Waals surface area contributed by atoms with Crippen molar-refractivity contribution in [3.63, 3.8) is 0 Å². The largest absolute Gasteiger partial charge is 0.449 e. The fraction of sp³-hybridized carbons (Fsp3) is 0.458. The lowest BCUT2D eigenvalue weighted by Gasteiger charge is -2.19. The summed E-state index contributed by atoms with van der Waals surface area (Å²) in [5.41, 5.74) is 9.58. The molecule has 61 heavy (non-hydrogen) atoms. The molecule has 0 spiro atoms. The van der Waals surface area contributed by atoms with Crippen LogP contribution in [-0.2, 0) is 42.6 Å². The minimum Gasteiger partial charge on any atom is -0.449 e. The van der Waals surface area contributed by atoms with Crippen LogP contribution in [0.3, 0.4) is 0 Å². The van der Waals surface area contributed by atoms with E-state index in [9.17, 15) is 9.59 Å². The van der Waals surface area contributed by atoms with Gasteiger partial charge < -0.3 is 52.8 Å². The maximum Gasteiger partial charge on any atom is 0.409 e. The van der Waals surface area contributed by atoms with Crippen molar-refractivity contribution in [2.24, 2.45) is 0 Å². The molecule has 0 bridgehead atoms. The molecule has 0 radical (unpaired) electrons. The van der Waals surface area contributed by atoms with E-state index in [4.69, 9.17) is 42.6 Å². The molecule has 0 saturated heterocycles. The maximum absolute atomic E-state index is 12.6. The molecule has 0 unspecified atom stereocenters.